The Kier molecular flexibility index (Phi) is 18.8. The van der Waals surface area contributed by atoms with Crippen LogP contribution in [0.15, 0.2) is 12.2 Å². The van der Waals surface area contributed by atoms with E-state index in [9.17, 15) is 30.3 Å². The molecule has 2 heterocycles. The molecule has 1 unspecified atom stereocenters. The normalized spacial score (nSPS) is 33.4. The predicted octanol–water partition coefficient (Wildman–Crippen LogP) is 2.46. The highest BCUT2D eigenvalue weighted by Gasteiger charge is 2.49. The summed E-state index contributed by atoms with van der Waals surface area (Å²) in [6.07, 6.45) is -6.22. The Morgan fingerprint density at radius 2 is 1.70 bits per heavy atom. The molecule has 0 radical (unpaired) electrons. The summed E-state index contributed by atoms with van der Waals surface area (Å²) in [5, 5.41) is 54.5. The molecular weight excluding hydrogens is 688 g/mol. The first-order valence-corrected chi connectivity index (χ1v) is 19.4. The van der Waals surface area contributed by atoms with E-state index in [4.69, 9.17) is 28.4 Å². The van der Waals surface area contributed by atoms with Gasteiger partial charge in [0.25, 0.3) is 0 Å². The van der Waals surface area contributed by atoms with Gasteiger partial charge in [-0.1, -0.05) is 32.9 Å². The van der Waals surface area contributed by atoms with Gasteiger partial charge < -0.3 is 58.9 Å². The van der Waals surface area contributed by atoms with Crippen molar-refractivity contribution in [3.8, 4) is 0 Å². The van der Waals surface area contributed by atoms with E-state index in [2.05, 4.69) is 6.58 Å². The Hall–Kier alpha value is -1.27. The molecule has 0 aromatic rings. The minimum atomic E-state index is -1.83. The number of esters is 1. The molecule has 0 spiro atoms. The fourth-order valence-corrected chi connectivity index (χ4v) is 7.75. The number of methoxy groups -OCH3 is 1. The van der Waals surface area contributed by atoms with E-state index in [-0.39, 0.29) is 31.6 Å². The highest BCUT2D eigenvalue weighted by atomic mass is 16.7. The second-order valence-electron chi connectivity index (χ2n) is 16.2. The zero-order chi connectivity index (χ0) is 40.6. The van der Waals surface area contributed by atoms with Crippen LogP contribution in [0.1, 0.15) is 94.4 Å². The lowest BCUT2D eigenvalue weighted by Crippen LogP contribution is -2.59. The SMILES string of the molecule is C=C(CCO)CN(C)[C@H](C)[C@@H](O)[C@](C)(O)C(CC)OC(=O)[C@H](C)[C@@H](O[C@H]1C[C@@](C)(OC)[C@@H](O)[C@H](C)O1)[C@H](C)[C@H](CC)O[C@@H]1O[C@H](C)C[C@H](N(C)C)[C@H]1O. The largest absolute Gasteiger partial charge is 0.459 e. The lowest BCUT2D eigenvalue weighted by molar-refractivity contribution is -0.306. The van der Waals surface area contributed by atoms with Gasteiger partial charge in [-0.15, -0.1) is 0 Å². The first-order valence-electron chi connectivity index (χ1n) is 19.4. The van der Waals surface area contributed by atoms with Crippen molar-refractivity contribution in [3.05, 3.63) is 12.2 Å². The maximum absolute atomic E-state index is 14.1. The van der Waals surface area contributed by atoms with E-state index >= 15 is 0 Å². The molecular formula is C39H74N2O12. The minimum absolute atomic E-state index is 0.0339. The van der Waals surface area contributed by atoms with Gasteiger partial charge in [-0.2, -0.15) is 0 Å². The standard InChI is InChI=1S/C39H74N2O12/c1-15-29(51-37-32(43)28(40(11)12)19-23(4)49-37)24(5)33(53-31-20-38(9,48-14)35(45)27(8)50-31)25(6)36(46)52-30(16-2)39(10,47)34(44)26(7)41(13)21-22(3)17-18-42/h23-35,37,42-45,47H,3,15-21H2,1-2,4-14H3/t23-,24-,25-,26-,27+,28+,29+,30?,31+,32-,33+,34-,35+,37+,38-,39-/m1/s1. The van der Waals surface area contributed by atoms with Crippen molar-refractivity contribution in [1.29, 1.82) is 0 Å². The highest BCUT2D eigenvalue weighted by Crippen LogP contribution is 2.37. The van der Waals surface area contributed by atoms with Crippen LogP contribution in [0.2, 0.25) is 0 Å². The molecule has 0 bridgehead atoms. The van der Waals surface area contributed by atoms with E-state index < -0.39 is 90.4 Å². The number of hydrogen-bond acceptors (Lipinski definition) is 14. The number of ether oxygens (including phenoxy) is 6. The molecule has 14 nitrogen and oxygen atoms in total. The third kappa shape index (κ3) is 12.1. The van der Waals surface area contributed by atoms with Crippen molar-refractivity contribution in [1.82, 2.24) is 9.80 Å². The van der Waals surface area contributed by atoms with Crippen molar-refractivity contribution in [2.75, 3.05) is 41.4 Å². The van der Waals surface area contributed by atoms with Crippen LogP contribution in [0.4, 0.5) is 0 Å². The molecule has 0 aromatic heterocycles. The second-order valence-corrected chi connectivity index (χ2v) is 16.2. The van der Waals surface area contributed by atoms with E-state index in [1.165, 1.54) is 14.0 Å². The lowest BCUT2D eigenvalue weighted by Gasteiger charge is -2.47. The van der Waals surface area contributed by atoms with Gasteiger partial charge in [0.15, 0.2) is 12.6 Å². The van der Waals surface area contributed by atoms with Gasteiger partial charge in [-0.3, -0.25) is 9.69 Å². The Balaban J connectivity index is 2.40. The predicted molar refractivity (Wildman–Crippen MR) is 201 cm³/mol. The van der Waals surface area contributed by atoms with Crippen LogP contribution >= 0.6 is 0 Å². The summed E-state index contributed by atoms with van der Waals surface area (Å²) in [6.45, 7) is 20.3. The number of hydrogen-bond donors (Lipinski definition) is 5. The monoisotopic (exact) mass is 763 g/mol. The summed E-state index contributed by atoms with van der Waals surface area (Å²) in [5.41, 5.74) is -2.03. The molecule has 0 amide bonds. The molecule has 2 aliphatic rings. The van der Waals surface area contributed by atoms with Crippen LogP contribution in [0.25, 0.3) is 0 Å². The van der Waals surface area contributed by atoms with Crippen molar-refractivity contribution in [2.24, 2.45) is 11.8 Å². The van der Waals surface area contributed by atoms with Gasteiger partial charge in [0.05, 0.1) is 35.9 Å². The Morgan fingerprint density at radius 1 is 1.08 bits per heavy atom. The number of nitrogens with zero attached hydrogens (tertiary/aromatic N) is 2. The highest BCUT2D eigenvalue weighted by molar-refractivity contribution is 5.73. The van der Waals surface area contributed by atoms with Crippen molar-refractivity contribution in [3.63, 3.8) is 0 Å². The molecule has 16 atom stereocenters. The van der Waals surface area contributed by atoms with Gasteiger partial charge in [-0.05, 0) is 88.4 Å². The number of aliphatic hydroxyl groups excluding tert-OH is 4. The Morgan fingerprint density at radius 3 is 2.23 bits per heavy atom. The van der Waals surface area contributed by atoms with E-state index in [0.29, 0.717) is 25.8 Å². The van der Waals surface area contributed by atoms with Crippen LogP contribution < -0.4 is 0 Å². The summed E-state index contributed by atoms with van der Waals surface area (Å²) < 4.78 is 37.1. The fourth-order valence-electron chi connectivity index (χ4n) is 7.75. The smallest absolute Gasteiger partial charge is 0.311 e. The quantitative estimate of drug-likeness (QED) is 0.0851. The minimum Gasteiger partial charge on any atom is -0.459 e. The van der Waals surface area contributed by atoms with E-state index in [1.807, 2.05) is 44.7 Å². The van der Waals surface area contributed by atoms with Gasteiger partial charge in [0, 0.05) is 44.7 Å². The van der Waals surface area contributed by atoms with E-state index in [1.54, 1.807) is 41.7 Å². The van der Waals surface area contributed by atoms with Gasteiger partial charge in [-0.25, -0.2) is 0 Å². The van der Waals surface area contributed by atoms with Crippen LogP contribution in [-0.4, -0.2) is 167 Å². The number of aliphatic hydroxyl groups is 5. The molecule has 53 heavy (non-hydrogen) atoms. The molecule has 0 aromatic carbocycles. The maximum Gasteiger partial charge on any atom is 0.311 e. The summed E-state index contributed by atoms with van der Waals surface area (Å²) in [4.78, 5) is 17.9. The van der Waals surface area contributed by atoms with Crippen molar-refractivity contribution >= 4 is 5.97 Å². The maximum atomic E-state index is 14.1. The first kappa shape index (κ1) is 47.9. The summed E-state index contributed by atoms with van der Waals surface area (Å²) in [6, 6.07) is -0.726. The summed E-state index contributed by atoms with van der Waals surface area (Å²) in [5.74, 6) is -2.04. The first-order chi connectivity index (χ1) is 24.6. The molecule has 5 N–H and O–H groups in total. The van der Waals surface area contributed by atoms with Crippen molar-refractivity contribution < 1.29 is 58.7 Å². The molecule has 2 saturated heterocycles. The Labute approximate surface area is 318 Å². The molecule has 2 aliphatic heterocycles. The van der Waals surface area contributed by atoms with Crippen LogP contribution in [0, 0.1) is 11.8 Å². The van der Waals surface area contributed by atoms with Crippen LogP contribution in [-0.2, 0) is 33.2 Å². The molecule has 14 heteroatoms. The summed E-state index contributed by atoms with van der Waals surface area (Å²) in [7, 11) is 7.12. The second kappa shape index (κ2) is 20.8. The lowest BCUT2D eigenvalue weighted by atomic mass is 9.85. The molecule has 0 saturated carbocycles. The van der Waals surface area contributed by atoms with E-state index in [0.717, 1.165) is 5.57 Å². The third-order valence-corrected chi connectivity index (χ3v) is 11.7. The number of carbonyl (C=O) groups is 1. The van der Waals surface area contributed by atoms with Gasteiger partial charge in [0.2, 0.25) is 0 Å². The average molecular weight is 763 g/mol. The molecule has 2 fully saturated rings. The van der Waals surface area contributed by atoms with Crippen LogP contribution in [0.3, 0.4) is 0 Å². The van der Waals surface area contributed by atoms with Crippen molar-refractivity contribution in [2.45, 2.75) is 179 Å². The van der Waals surface area contributed by atoms with Crippen LogP contribution in [0.5, 0.6) is 0 Å². The Bertz CT molecular complexity index is 1130. The molecule has 2 rings (SSSR count). The fraction of sp³-hybridized carbons (Fsp3) is 0.923. The van der Waals surface area contributed by atoms with Gasteiger partial charge in [0.1, 0.15) is 30.0 Å². The van der Waals surface area contributed by atoms with Gasteiger partial charge >= 0.3 is 5.97 Å². The summed E-state index contributed by atoms with van der Waals surface area (Å²) >= 11 is 0. The topological polar surface area (TPSA) is 180 Å². The zero-order valence-electron chi connectivity index (χ0n) is 34.7. The number of carbonyl (C=O) groups excluding carboxylic acids is 1. The zero-order valence-corrected chi connectivity index (χ0v) is 34.7. The average Bonchev–Trinajstić information content (AvgIpc) is 3.10. The molecule has 0 aliphatic carbocycles. The molecule has 312 valence electrons. The number of rotatable bonds is 21. The number of likely N-dealkylation sites (N-methyl/N-ethyl adjacent to an activating group) is 2. The third-order valence-electron chi connectivity index (χ3n) is 11.7.